The van der Waals surface area contributed by atoms with Gasteiger partial charge in [-0.1, -0.05) is 30.7 Å². The van der Waals surface area contributed by atoms with Crippen LogP contribution in [0.25, 0.3) is 0 Å². The molecule has 28 heavy (non-hydrogen) atoms. The van der Waals surface area contributed by atoms with Gasteiger partial charge < -0.3 is 4.90 Å². The van der Waals surface area contributed by atoms with Gasteiger partial charge in [0.1, 0.15) is 0 Å². The average molecular weight is 401 g/mol. The van der Waals surface area contributed by atoms with Gasteiger partial charge in [0, 0.05) is 25.7 Å². The maximum absolute atomic E-state index is 13.1. The van der Waals surface area contributed by atoms with E-state index in [4.69, 9.17) is 0 Å². The van der Waals surface area contributed by atoms with Gasteiger partial charge in [0.2, 0.25) is 0 Å². The topological polar surface area (TPSA) is 57.7 Å². The van der Waals surface area contributed by atoms with Gasteiger partial charge in [0.25, 0.3) is 15.9 Å². The Morgan fingerprint density at radius 3 is 2.43 bits per heavy atom. The molecule has 0 saturated carbocycles. The summed E-state index contributed by atoms with van der Waals surface area (Å²) in [6, 6.07) is 12.1. The van der Waals surface area contributed by atoms with Crippen molar-refractivity contribution >= 4 is 21.6 Å². The fraction of sp³-hybridized carbons (Fsp3) is 0.409. The van der Waals surface area contributed by atoms with E-state index in [2.05, 4.69) is 6.92 Å². The zero-order valence-electron chi connectivity index (χ0n) is 17.0. The summed E-state index contributed by atoms with van der Waals surface area (Å²) < 4.78 is 27.4. The Bertz CT molecular complexity index is 968. The number of likely N-dealkylation sites (tertiary alicyclic amines) is 1. The number of benzene rings is 2. The maximum Gasteiger partial charge on any atom is 0.264 e. The van der Waals surface area contributed by atoms with Crippen molar-refractivity contribution in [3.8, 4) is 0 Å². The van der Waals surface area contributed by atoms with E-state index in [1.807, 2.05) is 24.8 Å². The second-order valence-corrected chi connectivity index (χ2v) is 9.75. The Kier molecular flexibility index (Phi) is 5.79. The molecule has 0 aliphatic carbocycles. The number of hydrogen-bond acceptors (Lipinski definition) is 3. The van der Waals surface area contributed by atoms with E-state index in [1.165, 1.54) is 11.4 Å². The number of amides is 1. The zero-order valence-corrected chi connectivity index (χ0v) is 17.8. The summed E-state index contributed by atoms with van der Waals surface area (Å²) in [4.78, 5) is 15.1. The predicted octanol–water partition coefficient (Wildman–Crippen LogP) is 4.00. The Labute approximate surface area is 168 Å². The lowest BCUT2D eigenvalue weighted by molar-refractivity contribution is 0.0683. The Morgan fingerprint density at radius 1 is 1.11 bits per heavy atom. The van der Waals surface area contributed by atoms with Crippen molar-refractivity contribution in [2.75, 3.05) is 24.4 Å². The highest BCUT2D eigenvalue weighted by Gasteiger charge is 2.26. The van der Waals surface area contributed by atoms with Crippen molar-refractivity contribution in [3.05, 3.63) is 59.2 Å². The minimum absolute atomic E-state index is 0.0334. The van der Waals surface area contributed by atoms with Gasteiger partial charge in [-0.2, -0.15) is 0 Å². The van der Waals surface area contributed by atoms with Gasteiger partial charge in [-0.25, -0.2) is 8.42 Å². The lowest BCUT2D eigenvalue weighted by Gasteiger charge is -2.31. The van der Waals surface area contributed by atoms with Crippen molar-refractivity contribution in [1.82, 2.24) is 4.90 Å². The molecule has 2 aromatic rings. The molecular weight excluding hydrogens is 372 g/mol. The number of sulfonamides is 1. The number of aryl methyl sites for hydroxylation is 2. The van der Waals surface area contributed by atoms with E-state index in [-0.39, 0.29) is 10.8 Å². The predicted molar refractivity (Wildman–Crippen MR) is 112 cm³/mol. The maximum atomic E-state index is 13.1. The molecular formula is C22H28N2O3S. The van der Waals surface area contributed by atoms with Crippen molar-refractivity contribution in [2.45, 2.75) is 38.5 Å². The quantitative estimate of drug-likeness (QED) is 0.779. The Hall–Kier alpha value is -2.34. The molecule has 1 aliphatic heterocycles. The van der Waals surface area contributed by atoms with Crippen LogP contribution in [0.2, 0.25) is 0 Å². The molecule has 5 nitrogen and oxygen atoms in total. The van der Waals surface area contributed by atoms with Crippen LogP contribution in [0.3, 0.4) is 0 Å². The van der Waals surface area contributed by atoms with Gasteiger partial charge in [-0.05, 0) is 62.4 Å². The molecule has 1 fully saturated rings. The van der Waals surface area contributed by atoms with E-state index in [9.17, 15) is 13.2 Å². The number of carbonyl (C=O) groups is 1. The van der Waals surface area contributed by atoms with E-state index in [1.54, 1.807) is 36.4 Å². The number of hydrogen-bond donors (Lipinski definition) is 0. The van der Waals surface area contributed by atoms with Crippen LogP contribution in [0.4, 0.5) is 5.69 Å². The number of piperidine rings is 1. The first-order valence-corrected chi connectivity index (χ1v) is 11.1. The minimum atomic E-state index is -3.70. The molecule has 1 aliphatic rings. The molecule has 2 aromatic carbocycles. The summed E-state index contributed by atoms with van der Waals surface area (Å²) in [6.45, 7) is 7.43. The smallest absolute Gasteiger partial charge is 0.264 e. The fourth-order valence-corrected chi connectivity index (χ4v) is 4.89. The van der Waals surface area contributed by atoms with E-state index in [0.29, 0.717) is 17.2 Å². The largest absolute Gasteiger partial charge is 0.338 e. The zero-order chi connectivity index (χ0) is 20.5. The first-order chi connectivity index (χ1) is 13.2. The van der Waals surface area contributed by atoms with Crippen LogP contribution in [0.5, 0.6) is 0 Å². The summed E-state index contributed by atoms with van der Waals surface area (Å²) in [5.41, 5.74) is 2.86. The molecule has 0 unspecified atom stereocenters. The highest BCUT2D eigenvalue weighted by molar-refractivity contribution is 7.92. The van der Waals surface area contributed by atoms with Crippen molar-refractivity contribution in [3.63, 3.8) is 0 Å². The third kappa shape index (κ3) is 4.07. The second-order valence-electron chi connectivity index (χ2n) is 7.79. The minimum Gasteiger partial charge on any atom is -0.338 e. The number of nitrogens with zero attached hydrogens (tertiary/aromatic N) is 2. The molecule has 1 saturated heterocycles. The monoisotopic (exact) mass is 400 g/mol. The SMILES string of the molecule is Cc1ccc(S(=O)(=O)N(C)c2cc(C(=O)N3CCC[C@H](C)C3)ccc2C)cc1. The van der Waals surface area contributed by atoms with Gasteiger partial charge in [-0.15, -0.1) is 0 Å². The van der Waals surface area contributed by atoms with Crippen LogP contribution < -0.4 is 4.31 Å². The summed E-state index contributed by atoms with van der Waals surface area (Å²) >= 11 is 0. The van der Waals surface area contributed by atoms with Crippen LogP contribution in [0.15, 0.2) is 47.4 Å². The van der Waals surface area contributed by atoms with E-state index in [0.717, 1.165) is 37.1 Å². The second kappa shape index (κ2) is 7.95. The highest BCUT2D eigenvalue weighted by Crippen LogP contribution is 2.28. The van der Waals surface area contributed by atoms with Gasteiger partial charge in [-0.3, -0.25) is 9.10 Å². The van der Waals surface area contributed by atoms with Gasteiger partial charge in [0.15, 0.2) is 0 Å². The molecule has 3 rings (SSSR count). The first kappa shape index (κ1) is 20.4. The van der Waals surface area contributed by atoms with Crippen molar-refractivity contribution in [2.24, 2.45) is 5.92 Å². The van der Waals surface area contributed by atoms with Gasteiger partial charge in [0.05, 0.1) is 10.6 Å². The van der Waals surface area contributed by atoms with Crippen LogP contribution in [-0.2, 0) is 10.0 Å². The molecule has 1 atom stereocenters. The molecule has 0 bridgehead atoms. The molecule has 0 N–H and O–H groups in total. The normalized spacial score (nSPS) is 17.4. The number of carbonyl (C=O) groups excluding carboxylic acids is 1. The molecule has 150 valence electrons. The lowest BCUT2D eigenvalue weighted by Crippen LogP contribution is -2.39. The summed E-state index contributed by atoms with van der Waals surface area (Å²) in [5.74, 6) is 0.459. The molecule has 0 radical (unpaired) electrons. The fourth-order valence-electron chi connectivity index (χ4n) is 3.64. The Balaban J connectivity index is 1.92. The molecule has 0 spiro atoms. The summed E-state index contributed by atoms with van der Waals surface area (Å²) in [5, 5.41) is 0. The standard InChI is InChI=1S/C22H28N2O3S/c1-16-7-11-20(12-8-16)28(26,27)23(4)21-14-19(10-9-18(21)3)22(25)24-13-5-6-17(2)15-24/h7-12,14,17H,5-6,13,15H2,1-4H3/t17-/m0/s1. The van der Waals surface area contributed by atoms with E-state index >= 15 is 0 Å². The van der Waals surface area contributed by atoms with E-state index < -0.39 is 10.0 Å². The van der Waals surface area contributed by atoms with Crippen LogP contribution in [0.1, 0.15) is 41.3 Å². The Morgan fingerprint density at radius 2 is 1.79 bits per heavy atom. The van der Waals surface area contributed by atoms with Crippen molar-refractivity contribution < 1.29 is 13.2 Å². The summed E-state index contributed by atoms with van der Waals surface area (Å²) in [7, 11) is -2.16. The molecule has 0 aromatic heterocycles. The summed E-state index contributed by atoms with van der Waals surface area (Å²) in [6.07, 6.45) is 2.15. The molecule has 1 amide bonds. The number of anilines is 1. The number of rotatable bonds is 4. The van der Waals surface area contributed by atoms with Crippen molar-refractivity contribution in [1.29, 1.82) is 0 Å². The molecule has 6 heteroatoms. The lowest BCUT2D eigenvalue weighted by atomic mass is 9.99. The van der Waals surface area contributed by atoms with Crippen LogP contribution in [-0.4, -0.2) is 39.4 Å². The highest BCUT2D eigenvalue weighted by atomic mass is 32.2. The van der Waals surface area contributed by atoms with Crippen LogP contribution in [0, 0.1) is 19.8 Å². The first-order valence-electron chi connectivity index (χ1n) is 9.65. The molecule has 1 heterocycles. The third-order valence-corrected chi connectivity index (χ3v) is 7.20. The third-order valence-electron chi connectivity index (χ3n) is 5.42. The van der Waals surface area contributed by atoms with Crippen LogP contribution >= 0.6 is 0 Å². The average Bonchev–Trinajstić information content (AvgIpc) is 2.67. The van der Waals surface area contributed by atoms with Gasteiger partial charge >= 0.3 is 0 Å².